The molecule has 1 aromatic heterocycles. The molecule has 1 heterocycles. The van der Waals surface area contributed by atoms with Gasteiger partial charge in [0.1, 0.15) is 0 Å². The highest BCUT2D eigenvalue weighted by Crippen LogP contribution is 2.23. The quantitative estimate of drug-likeness (QED) is 0.356. The van der Waals surface area contributed by atoms with Crippen LogP contribution in [0.5, 0.6) is 0 Å². The van der Waals surface area contributed by atoms with Gasteiger partial charge in [-0.15, -0.1) is 0 Å². The molecule has 1 amide bonds. The molecule has 164 valence electrons. The van der Waals surface area contributed by atoms with Crippen LogP contribution in [0.2, 0.25) is 0 Å². The van der Waals surface area contributed by atoms with Gasteiger partial charge in [0.15, 0.2) is 5.92 Å². The lowest BCUT2D eigenvalue weighted by atomic mass is 9.99. The third-order valence-electron chi connectivity index (χ3n) is 4.98. The summed E-state index contributed by atoms with van der Waals surface area (Å²) in [5.74, 6) is -5.48. The summed E-state index contributed by atoms with van der Waals surface area (Å²) in [5.41, 5.74) is 3.15. The summed E-state index contributed by atoms with van der Waals surface area (Å²) < 4.78 is 9.42. The first-order valence-corrected chi connectivity index (χ1v) is 9.61. The number of aromatic nitrogens is 2. The number of ether oxygens (including phenoxy) is 2. The summed E-state index contributed by atoms with van der Waals surface area (Å²) in [6.07, 6.45) is 1.27. The summed E-state index contributed by atoms with van der Waals surface area (Å²) in [4.78, 5) is 58.7. The Balaban J connectivity index is 1.96. The maximum atomic E-state index is 13.0. The number of benzene rings is 2. The van der Waals surface area contributed by atoms with E-state index in [-0.39, 0.29) is 16.9 Å². The van der Waals surface area contributed by atoms with Gasteiger partial charge in [0.25, 0.3) is 5.91 Å². The zero-order chi connectivity index (χ0) is 23.4. The van der Waals surface area contributed by atoms with E-state index in [2.05, 4.69) is 20.0 Å². The Kier molecular flexibility index (Phi) is 6.58. The van der Waals surface area contributed by atoms with Gasteiger partial charge in [0, 0.05) is 0 Å². The summed E-state index contributed by atoms with van der Waals surface area (Å²) >= 11 is 0. The Morgan fingerprint density at radius 3 is 2.25 bits per heavy atom. The third kappa shape index (κ3) is 4.46. The highest BCUT2D eigenvalue weighted by atomic mass is 16.5. The molecule has 1 N–H and O–H groups in total. The fourth-order valence-corrected chi connectivity index (χ4v) is 3.10. The van der Waals surface area contributed by atoms with Gasteiger partial charge in [-0.05, 0) is 49.2 Å². The second-order valence-electron chi connectivity index (χ2n) is 7.03. The van der Waals surface area contributed by atoms with Crippen molar-refractivity contribution in [2.75, 3.05) is 19.5 Å². The van der Waals surface area contributed by atoms with Gasteiger partial charge >= 0.3 is 11.9 Å². The summed E-state index contributed by atoms with van der Waals surface area (Å²) in [6.45, 7) is 3.83. The van der Waals surface area contributed by atoms with Crippen molar-refractivity contribution in [3.8, 4) is 0 Å². The van der Waals surface area contributed by atoms with Crippen LogP contribution in [-0.4, -0.2) is 47.8 Å². The van der Waals surface area contributed by atoms with E-state index < -0.39 is 29.5 Å². The van der Waals surface area contributed by atoms with Crippen molar-refractivity contribution in [2.45, 2.75) is 19.8 Å². The van der Waals surface area contributed by atoms with Crippen LogP contribution < -0.4 is 5.32 Å². The molecule has 0 fully saturated rings. The summed E-state index contributed by atoms with van der Waals surface area (Å²) in [6, 6.07) is 9.65. The van der Waals surface area contributed by atoms with Crippen LogP contribution in [0.3, 0.4) is 0 Å². The number of Topliss-reactive ketones (excluding diaryl/α,β-unsaturated/α-hetero) is 1. The Labute approximate surface area is 183 Å². The predicted molar refractivity (Wildman–Crippen MR) is 115 cm³/mol. The molecule has 1 unspecified atom stereocenters. The van der Waals surface area contributed by atoms with Gasteiger partial charge in [-0.2, -0.15) is 0 Å². The van der Waals surface area contributed by atoms with Crippen LogP contribution in [0, 0.1) is 13.8 Å². The van der Waals surface area contributed by atoms with E-state index in [1.807, 2.05) is 19.9 Å². The molecule has 0 aliphatic heterocycles. The van der Waals surface area contributed by atoms with Crippen LogP contribution in [0.15, 0.2) is 42.6 Å². The third-order valence-corrected chi connectivity index (χ3v) is 4.98. The average molecular weight is 435 g/mol. The van der Waals surface area contributed by atoms with Crippen LogP contribution >= 0.6 is 0 Å². The van der Waals surface area contributed by atoms with Gasteiger partial charge in [0.05, 0.1) is 48.4 Å². The van der Waals surface area contributed by atoms with E-state index in [4.69, 9.17) is 4.74 Å². The zero-order valence-corrected chi connectivity index (χ0v) is 18.0. The first-order valence-electron chi connectivity index (χ1n) is 9.61. The van der Waals surface area contributed by atoms with Gasteiger partial charge in [0.2, 0.25) is 5.78 Å². The number of amides is 1. The number of anilines is 1. The molecule has 1 atom stereocenters. The monoisotopic (exact) mass is 435 g/mol. The van der Waals surface area contributed by atoms with Gasteiger partial charge in [-0.1, -0.05) is 12.1 Å². The number of nitrogens with zero attached hydrogens (tertiary/aromatic N) is 2. The lowest BCUT2D eigenvalue weighted by molar-refractivity contribution is -0.148. The number of aryl methyl sites for hydroxylation is 2. The molecule has 32 heavy (non-hydrogen) atoms. The molecule has 2 aromatic carbocycles. The molecule has 9 heteroatoms. The molecular weight excluding hydrogens is 414 g/mol. The van der Waals surface area contributed by atoms with E-state index >= 15 is 0 Å². The minimum atomic E-state index is -1.62. The van der Waals surface area contributed by atoms with Crippen molar-refractivity contribution in [1.29, 1.82) is 0 Å². The predicted octanol–water partition coefficient (Wildman–Crippen LogP) is 2.50. The minimum Gasteiger partial charge on any atom is -0.468 e. The van der Waals surface area contributed by atoms with E-state index in [9.17, 15) is 19.2 Å². The number of rotatable bonds is 6. The number of methoxy groups -OCH3 is 2. The van der Waals surface area contributed by atoms with E-state index in [0.29, 0.717) is 11.0 Å². The maximum Gasteiger partial charge on any atom is 0.339 e. The number of carbonyl (C=O) groups excluding carboxylic acids is 4. The second-order valence-corrected chi connectivity index (χ2v) is 7.03. The number of carbonyl (C=O) groups is 4. The number of hydrogen-bond donors (Lipinski definition) is 1. The Morgan fingerprint density at radius 1 is 0.938 bits per heavy atom. The molecule has 3 aromatic rings. The van der Waals surface area contributed by atoms with Gasteiger partial charge in [-0.3, -0.25) is 19.4 Å². The van der Waals surface area contributed by atoms with E-state index in [1.54, 1.807) is 18.2 Å². The highest BCUT2D eigenvalue weighted by Gasteiger charge is 2.36. The fourth-order valence-electron chi connectivity index (χ4n) is 3.10. The van der Waals surface area contributed by atoms with Gasteiger partial charge in [-0.25, -0.2) is 9.78 Å². The molecule has 0 aliphatic rings. The number of para-hydroxylation sites is 1. The topological polar surface area (TPSA) is 125 Å². The van der Waals surface area contributed by atoms with Crippen LogP contribution in [0.25, 0.3) is 11.0 Å². The normalized spacial score (nSPS) is 11.5. The van der Waals surface area contributed by atoms with Crippen molar-refractivity contribution in [3.05, 3.63) is 65.0 Å². The Hall–Kier alpha value is -4.14. The largest absolute Gasteiger partial charge is 0.468 e. The molecule has 0 spiro atoms. The molecule has 0 radical (unpaired) electrons. The molecule has 9 nitrogen and oxygen atoms in total. The number of esters is 2. The van der Waals surface area contributed by atoms with Crippen molar-refractivity contribution >= 4 is 40.3 Å². The van der Waals surface area contributed by atoms with E-state index in [1.165, 1.54) is 25.4 Å². The number of ketones is 1. The average Bonchev–Trinajstić information content (AvgIpc) is 2.79. The number of hydrogen-bond acceptors (Lipinski definition) is 8. The molecule has 0 aliphatic carbocycles. The van der Waals surface area contributed by atoms with Crippen molar-refractivity contribution < 1.29 is 28.7 Å². The number of fused-ring (bicyclic) bond motifs is 1. The Bertz CT molecular complexity index is 1240. The standard InChI is InChI=1S/C23H21N3O6/c1-12-9-16-17(10-13(12)2)25-18(11-24-16)19(23(30)32-4)20(27)21(28)26-15-8-6-5-7-14(15)22(29)31-3/h5-11,19H,1-4H3,(H,26,28). The maximum absolute atomic E-state index is 13.0. The second kappa shape index (κ2) is 9.34. The molecule has 0 bridgehead atoms. The van der Waals surface area contributed by atoms with E-state index in [0.717, 1.165) is 18.2 Å². The summed E-state index contributed by atoms with van der Waals surface area (Å²) in [7, 11) is 2.30. The first-order chi connectivity index (χ1) is 15.3. The zero-order valence-electron chi connectivity index (χ0n) is 18.0. The molecule has 3 rings (SSSR count). The number of nitrogens with one attached hydrogen (secondary N) is 1. The van der Waals surface area contributed by atoms with Crippen LogP contribution in [-0.2, 0) is 23.9 Å². The lowest BCUT2D eigenvalue weighted by Gasteiger charge is -2.14. The van der Waals surface area contributed by atoms with Crippen LogP contribution in [0.1, 0.15) is 33.1 Å². The summed E-state index contributed by atoms with van der Waals surface area (Å²) in [5, 5.41) is 2.36. The smallest absolute Gasteiger partial charge is 0.339 e. The molecule has 0 saturated heterocycles. The molecule has 0 saturated carbocycles. The van der Waals surface area contributed by atoms with Crippen molar-refractivity contribution in [2.24, 2.45) is 0 Å². The van der Waals surface area contributed by atoms with Crippen molar-refractivity contribution in [1.82, 2.24) is 9.97 Å². The first kappa shape index (κ1) is 22.5. The SMILES string of the molecule is COC(=O)c1ccccc1NC(=O)C(=O)C(C(=O)OC)c1cnc2cc(C)c(C)cc2n1. The van der Waals surface area contributed by atoms with Crippen molar-refractivity contribution in [3.63, 3.8) is 0 Å². The molecular formula is C23H21N3O6. The lowest BCUT2D eigenvalue weighted by Crippen LogP contribution is -2.34. The Morgan fingerprint density at radius 2 is 1.59 bits per heavy atom. The minimum absolute atomic E-state index is 0.0194. The highest BCUT2D eigenvalue weighted by molar-refractivity contribution is 6.45. The fraction of sp³-hybridized carbons (Fsp3) is 0.217. The van der Waals surface area contributed by atoms with Gasteiger partial charge < -0.3 is 14.8 Å². The van der Waals surface area contributed by atoms with Crippen LogP contribution in [0.4, 0.5) is 5.69 Å².